The number of anilines is 1. The zero-order chi connectivity index (χ0) is 13.8. The number of carbonyl (C=O) groups excluding carboxylic acids is 1. The van der Waals surface area contributed by atoms with Gasteiger partial charge in [-0.15, -0.1) is 35.0 Å². The Hall–Kier alpha value is -1.32. The van der Waals surface area contributed by atoms with Crippen LogP contribution in [0.2, 0.25) is 0 Å². The van der Waals surface area contributed by atoms with Crippen LogP contribution in [0.1, 0.15) is 0 Å². The second-order valence-corrected chi connectivity index (χ2v) is 5.16. The number of morpholine rings is 1. The monoisotopic (exact) mass is 363 g/mol. The SMILES string of the molecule is Cl.Cl.O=C(Nc1nnc(-c2ccccn2)s1)C1CNCCO1. The molecule has 10 heteroatoms. The molecule has 1 unspecified atom stereocenters. The van der Waals surface area contributed by atoms with Crippen LogP contribution in [0.25, 0.3) is 10.7 Å². The lowest BCUT2D eigenvalue weighted by Gasteiger charge is -2.21. The van der Waals surface area contributed by atoms with Gasteiger partial charge in [-0.3, -0.25) is 15.1 Å². The molecular weight excluding hydrogens is 349 g/mol. The van der Waals surface area contributed by atoms with Crippen molar-refractivity contribution >= 4 is 47.2 Å². The van der Waals surface area contributed by atoms with Crippen LogP contribution in [0, 0.1) is 0 Å². The zero-order valence-electron chi connectivity index (χ0n) is 11.4. The standard InChI is InChI=1S/C12H13N5O2S.2ClH/c18-10(9-7-13-5-6-19-9)15-12-17-16-11(20-12)8-3-1-2-4-14-8;;/h1-4,9,13H,5-7H2,(H,15,17,18);2*1H. The zero-order valence-corrected chi connectivity index (χ0v) is 13.8. The summed E-state index contributed by atoms with van der Waals surface area (Å²) in [7, 11) is 0. The minimum Gasteiger partial charge on any atom is -0.366 e. The van der Waals surface area contributed by atoms with Crippen molar-refractivity contribution in [2.24, 2.45) is 0 Å². The van der Waals surface area contributed by atoms with E-state index in [9.17, 15) is 4.79 Å². The number of amides is 1. The van der Waals surface area contributed by atoms with Gasteiger partial charge in [0.1, 0.15) is 11.8 Å². The molecule has 3 rings (SSSR count). The fourth-order valence-electron chi connectivity index (χ4n) is 1.79. The van der Waals surface area contributed by atoms with Gasteiger partial charge in [-0.25, -0.2) is 0 Å². The highest BCUT2D eigenvalue weighted by atomic mass is 35.5. The molecule has 0 aromatic carbocycles. The van der Waals surface area contributed by atoms with E-state index in [1.165, 1.54) is 11.3 Å². The Kier molecular flexibility index (Phi) is 7.63. The molecule has 0 radical (unpaired) electrons. The van der Waals surface area contributed by atoms with E-state index in [0.717, 1.165) is 12.2 Å². The topological polar surface area (TPSA) is 89.0 Å². The summed E-state index contributed by atoms with van der Waals surface area (Å²) in [5, 5.41) is 14.9. The minimum atomic E-state index is -0.481. The largest absolute Gasteiger partial charge is 0.366 e. The number of aromatic nitrogens is 3. The molecule has 0 aliphatic carbocycles. The molecule has 2 N–H and O–H groups in total. The summed E-state index contributed by atoms with van der Waals surface area (Å²) in [5.41, 5.74) is 0.737. The van der Waals surface area contributed by atoms with E-state index in [1.807, 2.05) is 18.2 Å². The molecule has 1 atom stereocenters. The van der Waals surface area contributed by atoms with Gasteiger partial charge >= 0.3 is 0 Å². The molecule has 1 saturated heterocycles. The fourth-order valence-corrected chi connectivity index (χ4v) is 2.51. The Morgan fingerprint density at radius 1 is 1.36 bits per heavy atom. The first-order valence-corrected chi connectivity index (χ1v) is 7.02. The maximum absolute atomic E-state index is 12.0. The molecule has 7 nitrogen and oxygen atoms in total. The Labute approximate surface area is 143 Å². The first-order chi connectivity index (χ1) is 9.83. The van der Waals surface area contributed by atoms with Crippen LogP contribution in [0.15, 0.2) is 24.4 Å². The summed E-state index contributed by atoms with van der Waals surface area (Å²) in [6.07, 6.45) is 1.21. The summed E-state index contributed by atoms with van der Waals surface area (Å²) in [6, 6.07) is 5.56. The molecule has 1 fully saturated rings. The van der Waals surface area contributed by atoms with Gasteiger partial charge in [0, 0.05) is 19.3 Å². The Balaban J connectivity index is 0.00000121. The van der Waals surface area contributed by atoms with Crippen LogP contribution in [-0.2, 0) is 9.53 Å². The summed E-state index contributed by atoms with van der Waals surface area (Å²) in [4.78, 5) is 16.2. The van der Waals surface area contributed by atoms with E-state index >= 15 is 0 Å². The van der Waals surface area contributed by atoms with Crippen molar-refractivity contribution in [3.8, 4) is 10.7 Å². The third kappa shape index (κ3) is 4.59. The summed E-state index contributed by atoms with van der Waals surface area (Å²) >= 11 is 1.29. The molecule has 1 amide bonds. The van der Waals surface area contributed by atoms with E-state index < -0.39 is 6.10 Å². The Morgan fingerprint density at radius 2 is 2.23 bits per heavy atom. The molecular formula is C12H15Cl2N5O2S. The van der Waals surface area contributed by atoms with Crippen molar-refractivity contribution < 1.29 is 9.53 Å². The lowest BCUT2D eigenvalue weighted by molar-refractivity contribution is -0.128. The molecule has 0 spiro atoms. The normalized spacial score (nSPS) is 17.0. The Bertz CT molecular complexity index is 592. The number of halogens is 2. The van der Waals surface area contributed by atoms with Gasteiger partial charge in [0.05, 0.1) is 6.61 Å². The van der Waals surface area contributed by atoms with Crippen LogP contribution in [0.5, 0.6) is 0 Å². The molecule has 2 aromatic rings. The third-order valence-electron chi connectivity index (χ3n) is 2.76. The lowest BCUT2D eigenvalue weighted by Crippen LogP contribution is -2.45. The van der Waals surface area contributed by atoms with E-state index in [-0.39, 0.29) is 30.7 Å². The van der Waals surface area contributed by atoms with E-state index in [4.69, 9.17) is 4.74 Å². The van der Waals surface area contributed by atoms with Gasteiger partial charge in [0.15, 0.2) is 5.01 Å². The molecule has 1 aliphatic rings. The Morgan fingerprint density at radius 3 is 2.91 bits per heavy atom. The minimum absolute atomic E-state index is 0. The molecule has 0 saturated carbocycles. The molecule has 22 heavy (non-hydrogen) atoms. The first-order valence-electron chi connectivity index (χ1n) is 6.21. The summed E-state index contributed by atoms with van der Waals surface area (Å²) in [5.74, 6) is -0.207. The highest BCUT2D eigenvalue weighted by Gasteiger charge is 2.22. The highest BCUT2D eigenvalue weighted by molar-refractivity contribution is 7.18. The molecule has 3 heterocycles. The smallest absolute Gasteiger partial charge is 0.256 e. The van der Waals surface area contributed by atoms with Crippen molar-refractivity contribution in [2.75, 3.05) is 25.0 Å². The maximum Gasteiger partial charge on any atom is 0.256 e. The fraction of sp³-hybridized carbons (Fsp3) is 0.333. The number of ether oxygens (including phenoxy) is 1. The number of hydrogen-bond donors (Lipinski definition) is 2. The number of carbonyl (C=O) groups is 1. The van der Waals surface area contributed by atoms with Gasteiger partial charge in [-0.1, -0.05) is 17.4 Å². The quantitative estimate of drug-likeness (QED) is 0.855. The van der Waals surface area contributed by atoms with Crippen LogP contribution >= 0.6 is 36.2 Å². The molecule has 0 bridgehead atoms. The van der Waals surface area contributed by atoms with Gasteiger partial charge in [-0.05, 0) is 12.1 Å². The number of hydrogen-bond acceptors (Lipinski definition) is 7. The van der Waals surface area contributed by atoms with Gasteiger partial charge in [0.25, 0.3) is 5.91 Å². The number of pyridine rings is 1. The average Bonchev–Trinajstić information content (AvgIpc) is 2.97. The van der Waals surface area contributed by atoms with Crippen LogP contribution in [0.4, 0.5) is 5.13 Å². The lowest BCUT2D eigenvalue weighted by atomic mass is 10.3. The van der Waals surface area contributed by atoms with E-state index in [1.54, 1.807) is 6.20 Å². The van der Waals surface area contributed by atoms with Crippen molar-refractivity contribution in [2.45, 2.75) is 6.10 Å². The van der Waals surface area contributed by atoms with E-state index in [0.29, 0.717) is 23.3 Å². The van der Waals surface area contributed by atoms with Crippen LogP contribution < -0.4 is 10.6 Å². The van der Waals surface area contributed by atoms with Crippen molar-refractivity contribution in [1.82, 2.24) is 20.5 Å². The number of nitrogens with zero attached hydrogens (tertiary/aromatic N) is 3. The number of nitrogens with one attached hydrogen (secondary N) is 2. The van der Waals surface area contributed by atoms with Crippen molar-refractivity contribution in [3.05, 3.63) is 24.4 Å². The maximum atomic E-state index is 12.0. The van der Waals surface area contributed by atoms with Crippen LogP contribution in [0.3, 0.4) is 0 Å². The second-order valence-electron chi connectivity index (χ2n) is 4.18. The summed E-state index contributed by atoms with van der Waals surface area (Å²) in [6.45, 7) is 1.82. The first kappa shape index (κ1) is 18.7. The molecule has 120 valence electrons. The van der Waals surface area contributed by atoms with Crippen molar-refractivity contribution in [3.63, 3.8) is 0 Å². The van der Waals surface area contributed by atoms with Gasteiger partial charge in [0.2, 0.25) is 5.13 Å². The summed E-state index contributed by atoms with van der Waals surface area (Å²) < 4.78 is 5.37. The van der Waals surface area contributed by atoms with E-state index in [2.05, 4.69) is 25.8 Å². The predicted octanol–water partition coefficient (Wildman–Crippen LogP) is 1.37. The van der Waals surface area contributed by atoms with Gasteiger partial charge in [-0.2, -0.15) is 0 Å². The van der Waals surface area contributed by atoms with Crippen LogP contribution in [-0.4, -0.2) is 46.9 Å². The average molecular weight is 364 g/mol. The highest BCUT2D eigenvalue weighted by Crippen LogP contribution is 2.24. The van der Waals surface area contributed by atoms with Crippen molar-refractivity contribution in [1.29, 1.82) is 0 Å². The predicted molar refractivity (Wildman–Crippen MR) is 88.9 cm³/mol. The molecule has 2 aromatic heterocycles. The van der Waals surface area contributed by atoms with Gasteiger partial charge < -0.3 is 10.1 Å². The second kappa shape index (κ2) is 8.96. The molecule has 1 aliphatic heterocycles. The number of rotatable bonds is 3. The third-order valence-corrected chi connectivity index (χ3v) is 3.62.